The molecule has 0 aliphatic heterocycles. The fourth-order valence-corrected chi connectivity index (χ4v) is 3.88. The number of rotatable bonds is 17. The van der Waals surface area contributed by atoms with E-state index in [4.69, 9.17) is 4.74 Å². The number of carbonyl (C=O) groups is 1. The second-order valence-electron chi connectivity index (χ2n) is 8.79. The van der Waals surface area contributed by atoms with Crippen molar-refractivity contribution < 1.29 is 14.6 Å². The lowest BCUT2D eigenvalue weighted by Gasteiger charge is -2.08. The average molecular weight is 452 g/mol. The fourth-order valence-electron chi connectivity index (χ4n) is 3.88. The second-order valence-corrected chi connectivity index (χ2v) is 8.79. The number of phenols is 1. The predicted octanol–water partition coefficient (Wildman–Crippen LogP) is 8.43. The summed E-state index contributed by atoms with van der Waals surface area (Å²) in [7, 11) is 0. The summed E-state index contributed by atoms with van der Waals surface area (Å²) in [6.07, 6.45) is 17.4. The van der Waals surface area contributed by atoms with E-state index in [9.17, 15) is 9.90 Å². The standard InChI is InChI=1S/C29H41NO3/c1-3-4-5-6-7-8-9-10-11-12-13-16-21-33-26-20-19-25(29(32)22-26)23-30-28-18-15-14-17-27(28)24(2)31/h14-15,17-20,22-23,32H,3-13,16,21H2,1-2H3. The van der Waals surface area contributed by atoms with Crippen LogP contribution in [0.5, 0.6) is 11.5 Å². The number of para-hydroxylation sites is 1. The molecular weight excluding hydrogens is 410 g/mol. The molecule has 1 N–H and O–H groups in total. The summed E-state index contributed by atoms with van der Waals surface area (Å²) < 4.78 is 5.80. The van der Waals surface area contributed by atoms with E-state index in [2.05, 4.69) is 11.9 Å². The van der Waals surface area contributed by atoms with Gasteiger partial charge in [0.2, 0.25) is 0 Å². The van der Waals surface area contributed by atoms with Crippen LogP contribution < -0.4 is 4.74 Å². The molecule has 180 valence electrons. The third kappa shape index (κ3) is 10.7. The van der Waals surface area contributed by atoms with Crippen molar-refractivity contribution in [3.8, 4) is 11.5 Å². The zero-order valence-electron chi connectivity index (χ0n) is 20.5. The van der Waals surface area contributed by atoms with Crippen molar-refractivity contribution in [3.05, 3.63) is 53.6 Å². The third-order valence-electron chi connectivity index (χ3n) is 5.89. The Kier molecular flexibility index (Phi) is 13.0. The summed E-state index contributed by atoms with van der Waals surface area (Å²) in [6, 6.07) is 12.4. The molecule has 0 aliphatic rings. The summed E-state index contributed by atoms with van der Waals surface area (Å²) in [6.45, 7) is 4.45. The SMILES string of the molecule is CCCCCCCCCCCCCCOc1ccc(C=Nc2ccccc2C(C)=O)c(O)c1. The molecule has 2 aromatic carbocycles. The van der Waals surface area contributed by atoms with Crippen LogP contribution >= 0.6 is 0 Å². The maximum Gasteiger partial charge on any atom is 0.161 e. The largest absolute Gasteiger partial charge is 0.507 e. The molecule has 0 radical (unpaired) electrons. The lowest BCUT2D eigenvalue weighted by atomic mass is 10.1. The van der Waals surface area contributed by atoms with Crippen LogP contribution in [0.25, 0.3) is 0 Å². The molecule has 0 bridgehead atoms. The molecule has 4 heteroatoms. The number of unbranched alkanes of at least 4 members (excludes halogenated alkanes) is 11. The Balaban J connectivity index is 1.62. The number of hydrogen-bond acceptors (Lipinski definition) is 4. The highest BCUT2D eigenvalue weighted by Crippen LogP contribution is 2.25. The number of benzene rings is 2. The molecule has 0 amide bonds. The lowest BCUT2D eigenvalue weighted by molar-refractivity contribution is 0.101. The van der Waals surface area contributed by atoms with Crippen molar-refractivity contribution in [2.24, 2.45) is 4.99 Å². The fraction of sp³-hybridized carbons (Fsp3) is 0.517. The number of aliphatic imine (C=N–C) groups is 1. The van der Waals surface area contributed by atoms with Crippen molar-refractivity contribution >= 4 is 17.7 Å². The van der Waals surface area contributed by atoms with Crippen LogP contribution in [0.4, 0.5) is 5.69 Å². The van der Waals surface area contributed by atoms with Gasteiger partial charge in [-0.25, -0.2) is 0 Å². The van der Waals surface area contributed by atoms with Gasteiger partial charge < -0.3 is 9.84 Å². The Morgan fingerprint density at radius 2 is 1.48 bits per heavy atom. The van der Waals surface area contributed by atoms with E-state index in [-0.39, 0.29) is 11.5 Å². The summed E-state index contributed by atoms with van der Waals surface area (Å²) in [5, 5.41) is 10.3. The number of ether oxygens (including phenoxy) is 1. The third-order valence-corrected chi connectivity index (χ3v) is 5.89. The first-order valence-electron chi connectivity index (χ1n) is 12.7. The van der Waals surface area contributed by atoms with Gasteiger partial charge in [-0.05, 0) is 37.6 Å². The van der Waals surface area contributed by atoms with Gasteiger partial charge in [0.05, 0.1) is 12.3 Å². The van der Waals surface area contributed by atoms with E-state index in [0.717, 1.165) is 6.42 Å². The van der Waals surface area contributed by atoms with E-state index in [1.165, 1.54) is 77.6 Å². The number of hydrogen-bond donors (Lipinski definition) is 1. The minimum atomic E-state index is -0.0338. The number of aromatic hydroxyl groups is 1. The Bertz CT molecular complexity index is 860. The highest BCUT2D eigenvalue weighted by atomic mass is 16.5. The molecule has 33 heavy (non-hydrogen) atoms. The van der Waals surface area contributed by atoms with Crippen LogP contribution in [0.1, 0.15) is 107 Å². The Morgan fingerprint density at radius 1 is 0.879 bits per heavy atom. The monoisotopic (exact) mass is 451 g/mol. The summed E-state index contributed by atoms with van der Waals surface area (Å²) >= 11 is 0. The molecule has 0 saturated carbocycles. The van der Waals surface area contributed by atoms with Crippen molar-refractivity contribution in [1.82, 2.24) is 0 Å². The first-order valence-corrected chi connectivity index (χ1v) is 12.7. The molecule has 4 nitrogen and oxygen atoms in total. The lowest BCUT2D eigenvalue weighted by Crippen LogP contribution is -1.97. The first-order chi connectivity index (χ1) is 16.1. The van der Waals surface area contributed by atoms with Crippen LogP contribution in [0.2, 0.25) is 0 Å². The van der Waals surface area contributed by atoms with Gasteiger partial charge in [-0.15, -0.1) is 0 Å². The zero-order chi connectivity index (χ0) is 23.7. The van der Waals surface area contributed by atoms with Gasteiger partial charge in [-0.1, -0.05) is 89.7 Å². The van der Waals surface area contributed by atoms with E-state index in [0.29, 0.717) is 29.2 Å². The first kappa shape index (κ1) is 26.6. The van der Waals surface area contributed by atoms with Gasteiger partial charge in [0.25, 0.3) is 0 Å². The molecule has 0 heterocycles. The minimum absolute atomic E-state index is 0.0338. The van der Waals surface area contributed by atoms with Gasteiger partial charge in [0.15, 0.2) is 5.78 Å². The smallest absolute Gasteiger partial charge is 0.161 e. The van der Waals surface area contributed by atoms with E-state index < -0.39 is 0 Å². The van der Waals surface area contributed by atoms with Crippen LogP contribution in [0.3, 0.4) is 0 Å². The molecule has 2 aromatic rings. The van der Waals surface area contributed by atoms with E-state index >= 15 is 0 Å². The second kappa shape index (κ2) is 16.1. The van der Waals surface area contributed by atoms with Crippen molar-refractivity contribution in [2.45, 2.75) is 90.9 Å². The van der Waals surface area contributed by atoms with Crippen molar-refractivity contribution in [1.29, 1.82) is 0 Å². The summed E-state index contributed by atoms with van der Waals surface area (Å²) in [5.41, 5.74) is 1.75. The predicted molar refractivity (Wildman–Crippen MR) is 138 cm³/mol. The number of nitrogens with zero attached hydrogens (tertiary/aromatic N) is 1. The zero-order valence-corrected chi connectivity index (χ0v) is 20.5. The van der Waals surface area contributed by atoms with E-state index in [1.54, 1.807) is 30.5 Å². The Morgan fingerprint density at radius 3 is 2.09 bits per heavy atom. The number of carbonyl (C=O) groups excluding carboxylic acids is 1. The number of ketones is 1. The topological polar surface area (TPSA) is 58.9 Å². The van der Waals surface area contributed by atoms with Gasteiger partial charge >= 0.3 is 0 Å². The Hall–Kier alpha value is -2.62. The molecule has 2 rings (SSSR count). The van der Waals surface area contributed by atoms with Crippen LogP contribution in [-0.2, 0) is 0 Å². The Labute approximate surface area is 200 Å². The highest BCUT2D eigenvalue weighted by Gasteiger charge is 2.06. The van der Waals surface area contributed by atoms with Crippen LogP contribution in [-0.4, -0.2) is 23.7 Å². The van der Waals surface area contributed by atoms with Gasteiger partial charge in [-0.2, -0.15) is 0 Å². The van der Waals surface area contributed by atoms with Crippen molar-refractivity contribution in [3.63, 3.8) is 0 Å². The molecule has 0 spiro atoms. The molecule has 0 fully saturated rings. The minimum Gasteiger partial charge on any atom is -0.507 e. The summed E-state index contributed by atoms with van der Waals surface area (Å²) in [4.78, 5) is 16.1. The quantitative estimate of drug-likeness (QED) is 0.149. The average Bonchev–Trinajstić information content (AvgIpc) is 2.81. The highest BCUT2D eigenvalue weighted by molar-refractivity contribution is 6.00. The van der Waals surface area contributed by atoms with Crippen LogP contribution in [0, 0.1) is 0 Å². The van der Waals surface area contributed by atoms with Gasteiger partial charge in [0, 0.05) is 23.4 Å². The van der Waals surface area contributed by atoms with Gasteiger partial charge in [0.1, 0.15) is 11.5 Å². The summed E-state index contributed by atoms with van der Waals surface area (Å²) in [5.74, 6) is 0.747. The maximum absolute atomic E-state index is 11.7. The maximum atomic E-state index is 11.7. The molecule has 0 aliphatic carbocycles. The number of phenolic OH excluding ortho intramolecular Hbond substituents is 1. The molecule has 0 aromatic heterocycles. The molecular formula is C29H41NO3. The van der Waals surface area contributed by atoms with Gasteiger partial charge in [-0.3, -0.25) is 9.79 Å². The molecule has 0 atom stereocenters. The van der Waals surface area contributed by atoms with Crippen LogP contribution in [0.15, 0.2) is 47.5 Å². The normalized spacial score (nSPS) is 11.2. The molecule has 0 saturated heterocycles. The van der Waals surface area contributed by atoms with E-state index in [1.807, 2.05) is 18.2 Å². The number of Topliss-reactive ketones (excluding diaryl/α,β-unsaturated/α-hetero) is 1. The molecule has 0 unspecified atom stereocenters. The van der Waals surface area contributed by atoms with Crippen molar-refractivity contribution in [2.75, 3.05) is 6.61 Å².